The maximum atomic E-state index is 10.6. The van der Waals surface area contributed by atoms with Crippen molar-refractivity contribution >= 4 is 0 Å². The van der Waals surface area contributed by atoms with E-state index in [1.54, 1.807) is 7.11 Å². The zero-order chi connectivity index (χ0) is 24.6. The number of hydrogen-bond donors (Lipinski definition) is 1. The average molecular weight is 476 g/mol. The highest BCUT2D eigenvalue weighted by Gasteiger charge is 2.33. The predicted octanol–water partition coefficient (Wildman–Crippen LogP) is 4.21. The van der Waals surface area contributed by atoms with Gasteiger partial charge in [-0.2, -0.15) is 5.10 Å². The molecule has 2 aromatic carbocycles. The van der Waals surface area contributed by atoms with E-state index in [1.807, 2.05) is 59.3 Å². The van der Waals surface area contributed by atoms with Gasteiger partial charge in [-0.05, 0) is 55.7 Å². The van der Waals surface area contributed by atoms with Gasteiger partial charge in [-0.25, -0.2) is 4.68 Å². The van der Waals surface area contributed by atoms with Gasteiger partial charge < -0.3 is 19.3 Å². The summed E-state index contributed by atoms with van der Waals surface area (Å²) < 4.78 is 19.0. The van der Waals surface area contributed by atoms with Crippen LogP contribution in [0.3, 0.4) is 0 Å². The van der Waals surface area contributed by atoms with Crippen molar-refractivity contribution in [1.82, 2.24) is 14.7 Å². The van der Waals surface area contributed by atoms with E-state index >= 15 is 0 Å². The summed E-state index contributed by atoms with van der Waals surface area (Å²) in [4.78, 5) is 2.30. The first-order valence-electron chi connectivity index (χ1n) is 12.0. The minimum atomic E-state index is -0.621. The fourth-order valence-electron chi connectivity index (χ4n) is 4.09. The van der Waals surface area contributed by atoms with Crippen LogP contribution in [0.25, 0.3) is 5.69 Å². The molecule has 0 saturated heterocycles. The third-order valence-corrected chi connectivity index (χ3v) is 5.99. The maximum Gasteiger partial charge on any atom is 0.227 e. The minimum Gasteiger partial charge on any atom is -0.497 e. The molecule has 1 atom stereocenters. The van der Waals surface area contributed by atoms with Gasteiger partial charge in [-0.15, -0.1) is 6.42 Å². The highest BCUT2D eigenvalue weighted by molar-refractivity contribution is 5.44. The van der Waals surface area contributed by atoms with Crippen molar-refractivity contribution < 1.29 is 19.3 Å². The van der Waals surface area contributed by atoms with Crippen molar-refractivity contribution in [2.45, 2.75) is 44.9 Å². The molecule has 1 aromatic heterocycles. The molecular weight excluding hydrogens is 442 g/mol. The predicted molar refractivity (Wildman–Crippen MR) is 135 cm³/mol. The Kier molecular flexibility index (Phi) is 8.43. The Bertz CT molecular complexity index is 1120. The lowest BCUT2D eigenvalue weighted by Gasteiger charge is -2.25. The zero-order valence-corrected chi connectivity index (χ0v) is 20.4. The van der Waals surface area contributed by atoms with E-state index in [2.05, 4.69) is 17.7 Å². The number of aliphatic hydroxyl groups is 1. The summed E-state index contributed by atoms with van der Waals surface area (Å²) >= 11 is 0. The Morgan fingerprint density at radius 2 is 1.86 bits per heavy atom. The Hall–Kier alpha value is -3.31. The lowest BCUT2D eigenvalue weighted by molar-refractivity contribution is 0.0240. The highest BCUT2D eigenvalue weighted by Crippen LogP contribution is 2.35. The van der Waals surface area contributed by atoms with Gasteiger partial charge in [0, 0.05) is 19.1 Å². The van der Waals surface area contributed by atoms with E-state index in [0.717, 1.165) is 42.0 Å². The second-order valence-electron chi connectivity index (χ2n) is 8.64. The van der Waals surface area contributed by atoms with Crippen LogP contribution >= 0.6 is 0 Å². The monoisotopic (exact) mass is 475 g/mol. The Morgan fingerprint density at radius 1 is 1.14 bits per heavy atom. The van der Waals surface area contributed by atoms with Crippen molar-refractivity contribution in [3.05, 3.63) is 65.9 Å². The zero-order valence-electron chi connectivity index (χ0n) is 20.4. The molecule has 1 aliphatic carbocycles. The van der Waals surface area contributed by atoms with Gasteiger partial charge in [-0.1, -0.05) is 31.0 Å². The first kappa shape index (κ1) is 24.8. The van der Waals surface area contributed by atoms with Gasteiger partial charge in [0.25, 0.3) is 0 Å². The molecule has 1 heterocycles. The van der Waals surface area contributed by atoms with Gasteiger partial charge in [0.1, 0.15) is 18.1 Å². The molecule has 0 spiro atoms. The first-order chi connectivity index (χ1) is 17.1. The minimum absolute atomic E-state index is 0.199. The molecule has 1 unspecified atom stereocenters. The molecule has 3 aromatic rings. The second kappa shape index (κ2) is 11.9. The molecule has 1 N–H and O–H groups in total. The summed E-state index contributed by atoms with van der Waals surface area (Å²) in [6, 6.07) is 18.0. The molecule has 35 heavy (non-hydrogen) atoms. The van der Waals surface area contributed by atoms with E-state index < -0.39 is 6.10 Å². The highest BCUT2D eigenvalue weighted by atomic mass is 16.5. The molecule has 1 fully saturated rings. The molecule has 184 valence electrons. The van der Waals surface area contributed by atoms with E-state index in [-0.39, 0.29) is 13.2 Å². The first-order valence-corrected chi connectivity index (χ1v) is 12.0. The number of aliphatic hydroxyl groups excluding tert-OH is 1. The molecular formula is C28H33N3O4. The summed E-state index contributed by atoms with van der Waals surface area (Å²) in [7, 11) is 1.64. The second-order valence-corrected chi connectivity index (χ2v) is 8.64. The molecule has 0 radical (unpaired) electrons. The van der Waals surface area contributed by atoms with Crippen LogP contribution in [0.5, 0.6) is 17.4 Å². The summed E-state index contributed by atoms with van der Waals surface area (Å²) in [6.45, 7) is 3.63. The van der Waals surface area contributed by atoms with Crippen molar-refractivity contribution in [1.29, 1.82) is 0 Å². The van der Waals surface area contributed by atoms with Gasteiger partial charge in [0.05, 0.1) is 36.8 Å². The van der Waals surface area contributed by atoms with Crippen molar-refractivity contribution in [2.24, 2.45) is 0 Å². The van der Waals surface area contributed by atoms with Crippen molar-refractivity contribution in [2.75, 3.05) is 26.9 Å². The van der Waals surface area contributed by atoms with Gasteiger partial charge in [-0.3, -0.25) is 4.90 Å². The van der Waals surface area contributed by atoms with Crippen LogP contribution < -0.4 is 9.47 Å². The molecule has 1 aliphatic rings. The van der Waals surface area contributed by atoms with E-state index in [9.17, 15) is 5.11 Å². The van der Waals surface area contributed by atoms with Crippen LogP contribution in [-0.2, 0) is 17.7 Å². The number of aryl methyl sites for hydroxylation is 1. The molecule has 0 amide bonds. The van der Waals surface area contributed by atoms with E-state index in [4.69, 9.17) is 25.7 Å². The molecule has 0 aliphatic heterocycles. The molecule has 7 heteroatoms. The van der Waals surface area contributed by atoms with E-state index in [1.165, 1.54) is 0 Å². The topological polar surface area (TPSA) is 69.0 Å². The molecule has 1 saturated carbocycles. The van der Waals surface area contributed by atoms with Crippen molar-refractivity contribution in [3.8, 4) is 35.4 Å². The molecule has 4 rings (SSSR count). The number of para-hydroxylation sites is 1. The number of ether oxygens (including phenoxy) is 3. The van der Waals surface area contributed by atoms with Crippen LogP contribution in [0.2, 0.25) is 0 Å². The van der Waals surface area contributed by atoms with E-state index in [0.29, 0.717) is 30.8 Å². The lowest BCUT2D eigenvalue weighted by Crippen LogP contribution is -2.36. The lowest BCUT2D eigenvalue weighted by atomic mass is 10.1. The maximum absolute atomic E-state index is 10.6. The summed E-state index contributed by atoms with van der Waals surface area (Å²) in [5.74, 6) is 4.59. The average Bonchev–Trinajstić information content (AvgIpc) is 3.68. The number of nitrogens with zero attached hydrogens (tertiary/aromatic N) is 3. The summed E-state index contributed by atoms with van der Waals surface area (Å²) in [6.07, 6.45) is 7.62. The number of methoxy groups -OCH3 is 1. The fourth-order valence-corrected chi connectivity index (χ4v) is 4.09. The van der Waals surface area contributed by atoms with Crippen LogP contribution in [0, 0.1) is 12.3 Å². The van der Waals surface area contributed by atoms with Gasteiger partial charge >= 0.3 is 0 Å². The van der Waals surface area contributed by atoms with Gasteiger partial charge in [0.2, 0.25) is 5.88 Å². The smallest absolute Gasteiger partial charge is 0.227 e. The van der Waals surface area contributed by atoms with Gasteiger partial charge in [0.15, 0.2) is 0 Å². The summed E-state index contributed by atoms with van der Waals surface area (Å²) in [5, 5.41) is 15.5. The van der Waals surface area contributed by atoms with Crippen LogP contribution in [0.1, 0.15) is 31.0 Å². The largest absolute Gasteiger partial charge is 0.497 e. The Morgan fingerprint density at radius 3 is 2.49 bits per heavy atom. The van der Waals surface area contributed by atoms with Crippen LogP contribution in [0.4, 0.5) is 0 Å². The number of rotatable bonds is 13. The Balaban J connectivity index is 1.66. The van der Waals surface area contributed by atoms with Crippen LogP contribution in [0.15, 0.2) is 54.6 Å². The molecule has 7 nitrogen and oxygen atoms in total. The van der Waals surface area contributed by atoms with Crippen molar-refractivity contribution in [3.63, 3.8) is 0 Å². The Labute approximate surface area is 207 Å². The number of benzene rings is 2. The number of terminal acetylenes is 1. The number of hydrogen-bond acceptors (Lipinski definition) is 6. The normalized spacial score (nSPS) is 14.0. The fraction of sp³-hybridized carbons (Fsp3) is 0.393. The SMILES string of the molecule is C#CCOCC(O)CN(Cc1c(CC)nn(-c2ccccc2)c1Oc1ccc(OC)cc1)C1CC1. The third-order valence-electron chi connectivity index (χ3n) is 5.99. The summed E-state index contributed by atoms with van der Waals surface area (Å²) in [5.41, 5.74) is 2.93. The third kappa shape index (κ3) is 6.43. The number of aromatic nitrogens is 2. The standard InChI is InChI=1S/C28H33N3O4/c1-4-17-34-20-23(32)18-30(21-11-12-21)19-26-27(5-2)29-31(22-9-7-6-8-10-22)28(26)35-25-15-13-24(33-3)14-16-25/h1,6-10,13-16,21,23,32H,5,11-12,17-20H2,2-3H3. The molecule has 0 bridgehead atoms. The quantitative estimate of drug-likeness (QED) is 0.295. The van der Waals surface area contributed by atoms with Crippen LogP contribution in [-0.4, -0.2) is 58.8 Å².